The van der Waals surface area contributed by atoms with E-state index >= 15 is 0 Å². The number of benzene rings is 2. The van der Waals surface area contributed by atoms with E-state index in [0.29, 0.717) is 6.04 Å². The van der Waals surface area contributed by atoms with E-state index < -0.39 is 0 Å². The van der Waals surface area contributed by atoms with E-state index in [0.717, 1.165) is 35.3 Å². The number of aryl methyl sites for hydroxylation is 1. The maximum atomic E-state index is 13.1. The van der Waals surface area contributed by atoms with E-state index in [2.05, 4.69) is 35.4 Å². The number of hydrogen-bond donors (Lipinski definition) is 2. The Morgan fingerprint density at radius 2 is 1.79 bits per heavy atom. The molecule has 5 rings (SSSR count). The van der Waals surface area contributed by atoms with Gasteiger partial charge in [0.1, 0.15) is 6.17 Å². The van der Waals surface area contributed by atoms with Crippen molar-refractivity contribution in [2.24, 2.45) is 0 Å². The number of carbonyl (C=O) groups is 1. The molecule has 0 spiro atoms. The molecule has 1 amide bonds. The highest BCUT2D eigenvalue weighted by atomic mass is 16.2. The fourth-order valence-corrected chi connectivity index (χ4v) is 3.86. The predicted molar refractivity (Wildman–Crippen MR) is 95.0 cm³/mol. The third kappa shape index (κ3) is 1.89. The first-order chi connectivity index (χ1) is 11.7. The van der Waals surface area contributed by atoms with Gasteiger partial charge in [-0.05, 0) is 38.0 Å². The van der Waals surface area contributed by atoms with Gasteiger partial charge in [0.25, 0.3) is 5.91 Å². The van der Waals surface area contributed by atoms with Gasteiger partial charge in [-0.25, -0.2) is 0 Å². The highest BCUT2D eigenvalue weighted by molar-refractivity contribution is 6.02. The molecule has 0 saturated heterocycles. The van der Waals surface area contributed by atoms with Crippen LogP contribution in [0.1, 0.15) is 40.6 Å². The lowest BCUT2D eigenvalue weighted by atomic mass is 10.0. The Balaban J connectivity index is 1.71. The molecule has 4 heteroatoms. The van der Waals surface area contributed by atoms with Crippen LogP contribution >= 0.6 is 0 Å². The highest BCUT2D eigenvalue weighted by Gasteiger charge is 2.43. The summed E-state index contributed by atoms with van der Waals surface area (Å²) in [5.41, 5.74) is 5.12. The summed E-state index contributed by atoms with van der Waals surface area (Å²) in [6.07, 6.45) is 2.07. The zero-order valence-electron chi connectivity index (χ0n) is 13.5. The quantitative estimate of drug-likeness (QED) is 0.744. The van der Waals surface area contributed by atoms with Crippen molar-refractivity contribution >= 4 is 22.5 Å². The number of rotatable bonds is 2. The molecule has 0 bridgehead atoms. The Kier molecular flexibility index (Phi) is 2.77. The topological polar surface area (TPSA) is 48.1 Å². The smallest absolute Gasteiger partial charge is 0.258 e. The van der Waals surface area contributed by atoms with E-state index in [9.17, 15) is 4.79 Å². The van der Waals surface area contributed by atoms with Crippen molar-refractivity contribution in [1.82, 2.24) is 9.88 Å². The molecule has 1 aliphatic carbocycles. The Bertz CT molecular complexity index is 954. The fourth-order valence-electron chi connectivity index (χ4n) is 3.86. The minimum absolute atomic E-state index is 0.115. The van der Waals surface area contributed by atoms with Crippen LogP contribution in [0.4, 0.5) is 5.69 Å². The molecule has 1 saturated carbocycles. The maximum Gasteiger partial charge on any atom is 0.258 e. The second kappa shape index (κ2) is 4.87. The monoisotopic (exact) mass is 317 g/mol. The number of H-pyrrole nitrogens is 1. The molecule has 0 unspecified atom stereocenters. The normalized spacial score (nSPS) is 20.1. The van der Waals surface area contributed by atoms with Gasteiger partial charge in [-0.3, -0.25) is 4.79 Å². The van der Waals surface area contributed by atoms with E-state index in [1.807, 2.05) is 35.2 Å². The molecule has 2 N–H and O–H groups in total. The minimum atomic E-state index is -0.115. The van der Waals surface area contributed by atoms with Crippen molar-refractivity contribution in [1.29, 1.82) is 0 Å². The van der Waals surface area contributed by atoms with Gasteiger partial charge in [0.15, 0.2) is 0 Å². The number of fused-ring (bicyclic) bond motifs is 2. The Morgan fingerprint density at radius 3 is 2.62 bits per heavy atom. The number of carbonyl (C=O) groups excluding carboxylic acids is 1. The molecule has 0 radical (unpaired) electrons. The van der Waals surface area contributed by atoms with Gasteiger partial charge in [0.05, 0.1) is 5.56 Å². The first kappa shape index (κ1) is 13.7. The Hall–Kier alpha value is -2.75. The molecular weight excluding hydrogens is 298 g/mol. The average Bonchev–Trinajstić information content (AvgIpc) is 3.36. The van der Waals surface area contributed by atoms with Crippen LogP contribution in [-0.2, 0) is 0 Å². The van der Waals surface area contributed by atoms with E-state index in [4.69, 9.17) is 0 Å². The summed E-state index contributed by atoms with van der Waals surface area (Å²) < 4.78 is 0. The van der Waals surface area contributed by atoms with Crippen LogP contribution < -0.4 is 5.32 Å². The SMILES string of the molecule is Cc1[nH]c2ccccc2c1[C@@H]1Nc2ccccc2C(=O)N1C1CC1. The van der Waals surface area contributed by atoms with E-state index in [-0.39, 0.29) is 12.1 Å². The molecule has 24 heavy (non-hydrogen) atoms. The Morgan fingerprint density at radius 1 is 1.04 bits per heavy atom. The van der Waals surface area contributed by atoms with Gasteiger partial charge in [0.2, 0.25) is 0 Å². The van der Waals surface area contributed by atoms with Crippen molar-refractivity contribution in [3.63, 3.8) is 0 Å². The molecular formula is C20H19N3O. The lowest BCUT2D eigenvalue weighted by Gasteiger charge is -2.38. The molecule has 1 aromatic heterocycles. The molecule has 2 aromatic carbocycles. The zero-order valence-corrected chi connectivity index (χ0v) is 13.5. The summed E-state index contributed by atoms with van der Waals surface area (Å²) in [4.78, 5) is 18.6. The standard InChI is InChI=1S/C20H19N3O/c1-12-18(14-6-2-4-8-16(14)21-12)19-22-17-9-5-3-7-15(17)20(24)23(19)13-10-11-13/h2-9,13,19,21-22H,10-11H2,1H3/t19-/m1/s1. The molecule has 1 aliphatic heterocycles. The highest BCUT2D eigenvalue weighted by Crippen LogP contribution is 2.43. The van der Waals surface area contributed by atoms with E-state index in [1.54, 1.807) is 0 Å². The summed E-state index contributed by atoms with van der Waals surface area (Å²) in [7, 11) is 0. The first-order valence-electron chi connectivity index (χ1n) is 8.49. The summed E-state index contributed by atoms with van der Waals surface area (Å²) in [5.74, 6) is 0.140. The average molecular weight is 317 g/mol. The number of para-hydroxylation sites is 2. The van der Waals surface area contributed by atoms with Crippen LogP contribution in [-0.4, -0.2) is 21.8 Å². The zero-order chi connectivity index (χ0) is 16.3. The summed E-state index contributed by atoms with van der Waals surface area (Å²) in [6, 6.07) is 16.5. The van der Waals surface area contributed by atoms with Crippen molar-refractivity contribution in [2.45, 2.75) is 32.0 Å². The second-order valence-electron chi connectivity index (χ2n) is 6.75. The van der Waals surface area contributed by atoms with Gasteiger partial charge in [-0.1, -0.05) is 30.3 Å². The Labute approximate surface area is 140 Å². The molecule has 120 valence electrons. The molecule has 2 heterocycles. The van der Waals surface area contributed by atoms with Crippen molar-refractivity contribution in [3.05, 3.63) is 65.4 Å². The number of aromatic amines is 1. The number of aromatic nitrogens is 1. The summed E-state index contributed by atoms with van der Waals surface area (Å²) in [6.45, 7) is 2.09. The lowest BCUT2D eigenvalue weighted by molar-refractivity contribution is 0.0667. The van der Waals surface area contributed by atoms with Crippen LogP contribution in [0.15, 0.2) is 48.5 Å². The largest absolute Gasteiger partial charge is 0.361 e. The van der Waals surface area contributed by atoms with Gasteiger partial charge in [-0.2, -0.15) is 0 Å². The third-order valence-electron chi connectivity index (χ3n) is 5.12. The number of hydrogen-bond acceptors (Lipinski definition) is 2. The lowest BCUT2D eigenvalue weighted by Crippen LogP contribution is -2.44. The maximum absolute atomic E-state index is 13.1. The van der Waals surface area contributed by atoms with Gasteiger partial charge < -0.3 is 15.2 Å². The molecule has 4 nitrogen and oxygen atoms in total. The number of nitrogens with zero attached hydrogens (tertiary/aromatic N) is 1. The predicted octanol–water partition coefficient (Wildman–Crippen LogP) is 4.21. The minimum Gasteiger partial charge on any atom is -0.361 e. The van der Waals surface area contributed by atoms with Crippen LogP contribution in [0.2, 0.25) is 0 Å². The molecule has 1 atom stereocenters. The van der Waals surface area contributed by atoms with Crippen molar-refractivity contribution < 1.29 is 4.79 Å². The van der Waals surface area contributed by atoms with Crippen LogP contribution in [0.5, 0.6) is 0 Å². The second-order valence-corrected chi connectivity index (χ2v) is 6.75. The number of anilines is 1. The van der Waals surface area contributed by atoms with Crippen molar-refractivity contribution in [3.8, 4) is 0 Å². The van der Waals surface area contributed by atoms with Crippen LogP contribution in [0.3, 0.4) is 0 Å². The van der Waals surface area contributed by atoms with E-state index in [1.165, 1.54) is 10.9 Å². The van der Waals surface area contributed by atoms with Crippen LogP contribution in [0, 0.1) is 6.92 Å². The van der Waals surface area contributed by atoms with Gasteiger partial charge in [-0.15, -0.1) is 0 Å². The number of amides is 1. The first-order valence-corrected chi connectivity index (χ1v) is 8.49. The number of nitrogens with one attached hydrogen (secondary N) is 2. The van der Waals surface area contributed by atoms with Crippen LogP contribution in [0.25, 0.3) is 10.9 Å². The van der Waals surface area contributed by atoms with Gasteiger partial charge >= 0.3 is 0 Å². The molecule has 3 aromatic rings. The molecule has 2 aliphatic rings. The third-order valence-corrected chi connectivity index (χ3v) is 5.12. The fraction of sp³-hybridized carbons (Fsp3) is 0.250. The summed E-state index contributed by atoms with van der Waals surface area (Å²) in [5, 5.41) is 4.80. The van der Waals surface area contributed by atoms with Gasteiger partial charge in [0, 0.05) is 33.9 Å². The summed E-state index contributed by atoms with van der Waals surface area (Å²) >= 11 is 0. The van der Waals surface area contributed by atoms with Crippen molar-refractivity contribution in [2.75, 3.05) is 5.32 Å². The molecule has 1 fully saturated rings.